The Morgan fingerprint density at radius 2 is 1.40 bits per heavy atom. The Kier molecular flexibility index (Phi) is 6.83. The predicted octanol–water partition coefficient (Wildman–Crippen LogP) is 12.4. The predicted molar refractivity (Wildman–Crippen MR) is 196 cm³/mol. The first-order valence-electron chi connectivity index (χ1n) is 14.3. The van der Waals surface area contributed by atoms with Crippen molar-refractivity contribution in [3.05, 3.63) is 127 Å². The second-order valence-electron chi connectivity index (χ2n) is 10.5. The highest BCUT2D eigenvalue weighted by molar-refractivity contribution is 7.99. The average molecular weight is 668 g/mol. The maximum atomic E-state index is 5.24. The van der Waals surface area contributed by atoms with Gasteiger partial charge in [0.2, 0.25) is 0 Å². The quantitative estimate of drug-likeness (QED) is 0.177. The molecule has 0 fully saturated rings. The van der Waals surface area contributed by atoms with Crippen molar-refractivity contribution in [2.24, 2.45) is 0 Å². The van der Waals surface area contributed by atoms with Crippen molar-refractivity contribution < 1.29 is 0 Å². The summed E-state index contributed by atoms with van der Waals surface area (Å²) in [6.07, 6.45) is 0. The molecule has 214 valence electrons. The van der Waals surface area contributed by atoms with Crippen LogP contribution in [0.15, 0.2) is 136 Å². The highest BCUT2D eigenvalue weighted by Crippen LogP contribution is 2.55. The largest absolute Gasteiger partial charge is 0.236 e. The highest BCUT2D eigenvalue weighted by Gasteiger charge is 2.27. The summed E-state index contributed by atoms with van der Waals surface area (Å²) in [7, 11) is 0. The lowest BCUT2D eigenvalue weighted by Crippen LogP contribution is -1.96. The molecule has 0 saturated heterocycles. The van der Waals surface area contributed by atoms with E-state index in [1.54, 1.807) is 22.7 Å². The van der Waals surface area contributed by atoms with Crippen molar-refractivity contribution in [1.82, 2.24) is 14.6 Å². The summed E-state index contributed by atoms with van der Waals surface area (Å²) in [6.45, 7) is 0. The number of nitrogens with zero attached hydrogens (tertiary/aromatic N) is 3. The Morgan fingerprint density at radius 1 is 0.578 bits per heavy atom. The van der Waals surface area contributed by atoms with Crippen LogP contribution in [0.25, 0.3) is 73.1 Å². The van der Waals surface area contributed by atoms with Crippen molar-refractivity contribution in [2.45, 2.75) is 9.79 Å². The molecule has 9 rings (SSSR count). The monoisotopic (exact) mass is 667 g/mol. The average Bonchev–Trinajstić information content (AvgIpc) is 3.90. The molecule has 4 heterocycles. The van der Waals surface area contributed by atoms with Crippen molar-refractivity contribution in [2.75, 3.05) is 0 Å². The minimum absolute atomic E-state index is 0.923. The Balaban J connectivity index is 1.47. The van der Waals surface area contributed by atoms with E-state index in [4.69, 9.17) is 4.98 Å². The molecule has 0 unspecified atom stereocenters. The molecule has 0 amide bonds. The Labute approximate surface area is 279 Å². The Morgan fingerprint density at radius 3 is 2.24 bits per heavy atom. The number of hydrogen-bond acceptors (Lipinski definition) is 8. The van der Waals surface area contributed by atoms with Crippen LogP contribution in [0.4, 0.5) is 0 Å². The van der Waals surface area contributed by atoms with Crippen LogP contribution >= 0.6 is 57.3 Å². The van der Waals surface area contributed by atoms with Gasteiger partial charge in [-0.05, 0) is 76.9 Å². The summed E-state index contributed by atoms with van der Waals surface area (Å²) in [5.41, 5.74) is 7.71. The molecule has 0 aliphatic rings. The first-order valence-corrected chi connectivity index (χ1v) is 18.4. The lowest BCUT2D eigenvalue weighted by Gasteiger charge is -2.21. The van der Waals surface area contributed by atoms with Gasteiger partial charge in [-0.3, -0.25) is 0 Å². The highest BCUT2D eigenvalue weighted by atomic mass is 32.2. The molecule has 0 spiro atoms. The number of aromatic nitrogens is 3. The third-order valence-corrected chi connectivity index (χ3v) is 12.7. The molecular formula is C37H21N3S5. The third kappa shape index (κ3) is 4.81. The van der Waals surface area contributed by atoms with Crippen molar-refractivity contribution in [1.29, 1.82) is 0 Å². The molecule has 0 aliphatic heterocycles. The van der Waals surface area contributed by atoms with Gasteiger partial charge in [-0.15, -0.1) is 39.1 Å². The zero-order chi connectivity index (χ0) is 29.7. The second kappa shape index (κ2) is 11.3. The van der Waals surface area contributed by atoms with Gasteiger partial charge >= 0.3 is 0 Å². The van der Waals surface area contributed by atoms with Crippen LogP contribution in [0.1, 0.15) is 0 Å². The lowest BCUT2D eigenvalue weighted by atomic mass is 9.90. The van der Waals surface area contributed by atoms with Gasteiger partial charge in [0.05, 0.1) is 14.9 Å². The zero-order valence-electron chi connectivity index (χ0n) is 23.5. The molecule has 5 aromatic carbocycles. The van der Waals surface area contributed by atoms with Crippen LogP contribution < -0.4 is 0 Å². The normalized spacial score (nSPS) is 11.6. The number of fused-ring (bicyclic) bond motifs is 3. The first kappa shape index (κ1) is 27.2. The fourth-order valence-corrected chi connectivity index (χ4v) is 10.5. The van der Waals surface area contributed by atoms with E-state index in [0.717, 1.165) is 37.4 Å². The van der Waals surface area contributed by atoms with Crippen LogP contribution in [0, 0.1) is 0 Å². The summed E-state index contributed by atoms with van der Waals surface area (Å²) in [5, 5.41) is 9.10. The van der Waals surface area contributed by atoms with E-state index in [1.165, 1.54) is 57.0 Å². The molecule has 45 heavy (non-hydrogen) atoms. The van der Waals surface area contributed by atoms with Gasteiger partial charge in [-0.2, -0.15) is 0 Å². The van der Waals surface area contributed by atoms with E-state index in [-0.39, 0.29) is 0 Å². The van der Waals surface area contributed by atoms with Crippen molar-refractivity contribution >= 4 is 87.8 Å². The van der Waals surface area contributed by atoms with E-state index < -0.39 is 0 Å². The molecule has 0 N–H and O–H groups in total. The molecule has 0 radical (unpaired) electrons. The van der Waals surface area contributed by atoms with Crippen LogP contribution in [-0.2, 0) is 0 Å². The fourth-order valence-electron chi connectivity index (χ4n) is 5.77. The molecule has 9 aromatic rings. The van der Waals surface area contributed by atoms with Gasteiger partial charge < -0.3 is 0 Å². The topological polar surface area (TPSA) is 38.7 Å². The Bertz CT molecular complexity index is 2410. The molecule has 4 aromatic heterocycles. The van der Waals surface area contributed by atoms with Gasteiger partial charge in [-0.1, -0.05) is 83.0 Å². The SMILES string of the molecule is c1ccc(Sc2c(-c3cccs3)cc(-c3nc4ccccc4s3)c(-c3cccc4snnc34)c2-c2cc3ccccc3s2)cc1. The molecule has 8 heteroatoms. The van der Waals surface area contributed by atoms with E-state index in [2.05, 4.69) is 136 Å². The molecule has 3 nitrogen and oxygen atoms in total. The van der Waals surface area contributed by atoms with Crippen LogP contribution in [-0.4, -0.2) is 14.6 Å². The molecule has 0 bridgehead atoms. The summed E-state index contributed by atoms with van der Waals surface area (Å²) in [4.78, 5) is 10.1. The van der Waals surface area contributed by atoms with E-state index in [9.17, 15) is 0 Å². The van der Waals surface area contributed by atoms with Crippen LogP contribution in [0.2, 0.25) is 0 Å². The third-order valence-electron chi connectivity index (χ3n) is 7.77. The smallest absolute Gasteiger partial charge is 0.125 e. The number of thiazole rings is 1. The summed E-state index contributed by atoms with van der Waals surface area (Å²) < 4.78 is 7.91. The molecule has 0 aliphatic carbocycles. The minimum Gasteiger partial charge on any atom is -0.236 e. The van der Waals surface area contributed by atoms with E-state index in [0.29, 0.717) is 0 Å². The summed E-state index contributed by atoms with van der Waals surface area (Å²) in [5.74, 6) is 0. The number of thiophene rings is 2. The number of hydrogen-bond donors (Lipinski definition) is 0. The minimum atomic E-state index is 0.923. The maximum Gasteiger partial charge on any atom is 0.125 e. The summed E-state index contributed by atoms with van der Waals surface area (Å²) in [6, 6.07) is 43.3. The number of benzene rings is 5. The lowest BCUT2D eigenvalue weighted by molar-refractivity contribution is 1.20. The fraction of sp³-hybridized carbons (Fsp3) is 0. The molecule has 0 saturated carbocycles. The number of rotatable bonds is 6. The summed E-state index contributed by atoms with van der Waals surface area (Å²) >= 11 is 8.64. The van der Waals surface area contributed by atoms with Gasteiger partial charge in [0.1, 0.15) is 10.5 Å². The van der Waals surface area contributed by atoms with Crippen LogP contribution in [0.5, 0.6) is 0 Å². The Hall–Kier alpha value is -4.18. The number of para-hydroxylation sites is 1. The standard InChI is InChI=1S/C37H21N3S5/c1-2-11-23(12-3-1)42-36-25(29-18-9-19-41-29)21-26(37-38-27-14-5-7-16-30(27)44-37)33(24-13-8-17-31-35(24)39-40-45-31)34(36)32-20-22-10-4-6-15-28(22)43-32/h1-21H. The molecular weight excluding hydrogens is 647 g/mol. The second-order valence-corrected chi connectivity index (χ2v) is 15.4. The first-order chi connectivity index (χ1) is 22.3. The van der Waals surface area contributed by atoms with Crippen molar-refractivity contribution in [3.63, 3.8) is 0 Å². The zero-order valence-corrected chi connectivity index (χ0v) is 27.6. The van der Waals surface area contributed by atoms with E-state index >= 15 is 0 Å². The van der Waals surface area contributed by atoms with E-state index in [1.807, 2.05) is 23.1 Å². The van der Waals surface area contributed by atoms with Crippen LogP contribution in [0.3, 0.4) is 0 Å². The van der Waals surface area contributed by atoms with Gasteiger partial charge in [-0.25, -0.2) is 4.98 Å². The molecule has 0 atom stereocenters. The maximum absolute atomic E-state index is 5.24. The van der Waals surface area contributed by atoms with Gasteiger partial charge in [0, 0.05) is 52.1 Å². The van der Waals surface area contributed by atoms with Gasteiger partial charge in [0.15, 0.2) is 0 Å². The van der Waals surface area contributed by atoms with Gasteiger partial charge in [0.25, 0.3) is 0 Å². The van der Waals surface area contributed by atoms with Crippen molar-refractivity contribution in [3.8, 4) is 42.6 Å².